The first-order chi connectivity index (χ1) is 10.2. The van der Waals surface area contributed by atoms with Gasteiger partial charge in [0.1, 0.15) is 11.5 Å². The van der Waals surface area contributed by atoms with Gasteiger partial charge in [0.05, 0.1) is 27.0 Å². The van der Waals surface area contributed by atoms with E-state index < -0.39 is 5.91 Å². The fourth-order valence-electron chi connectivity index (χ4n) is 1.64. The molecule has 1 heterocycles. The highest BCUT2D eigenvalue weighted by Crippen LogP contribution is 2.29. The number of anilines is 1. The minimum Gasteiger partial charge on any atom is -0.497 e. The van der Waals surface area contributed by atoms with Crippen molar-refractivity contribution in [2.45, 2.75) is 0 Å². The quantitative estimate of drug-likeness (QED) is 0.903. The van der Waals surface area contributed by atoms with Crippen molar-refractivity contribution in [1.29, 1.82) is 0 Å². The van der Waals surface area contributed by atoms with E-state index >= 15 is 0 Å². The SMILES string of the molecule is COc1ccc(NC(=O)c2ccc(OC)nn2)c(OC)c1. The lowest BCUT2D eigenvalue weighted by atomic mass is 10.2. The van der Waals surface area contributed by atoms with Gasteiger partial charge in [0.2, 0.25) is 5.88 Å². The van der Waals surface area contributed by atoms with E-state index in [1.165, 1.54) is 20.3 Å². The lowest BCUT2D eigenvalue weighted by molar-refractivity contribution is 0.102. The molecule has 0 bridgehead atoms. The lowest BCUT2D eigenvalue weighted by Crippen LogP contribution is -2.15. The molecule has 0 saturated heterocycles. The minimum atomic E-state index is -0.395. The largest absolute Gasteiger partial charge is 0.497 e. The summed E-state index contributed by atoms with van der Waals surface area (Å²) in [7, 11) is 4.55. The number of nitrogens with zero attached hydrogens (tertiary/aromatic N) is 2. The highest BCUT2D eigenvalue weighted by Gasteiger charge is 2.12. The van der Waals surface area contributed by atoms with Crippen molar-refractivity contribution in [1.82, 2.24) is 10.2 Å². The van der Waals surface area contributed by atoms with Crippen LogP contribution in [0.2, 0.25) is 0 Å². The van der Waals surface area contributed by atoms with Crippen LogP contribution in [0.15, 0.2) is 30.3 Å². The second-order valence-electron chi connectivity index (χ2n) is 3.98. The van der Waals surface area contributed by atoms with Gasteiger partial charge >= 0.3 is 0 Å². The average Bonchev–Trinajstić information content (AvgIpc) is 2.55. The molecular formula is C14H15N3O4. The molecule has 7 heteroatoms. The summed E-state index contributed by atoms with van der Waals surface area (Å²) in [6, 6.07) is 8.17. The van der Waals surface area contributed by atoms with Gasteiger partial charge in [0.25, 0.3) is 5.91 Å². The molecule has 0 aliphatic rings. The summed E-state index contributed by atoms with van der Waals surface area (Å²) in [4.78, 5) is 12.1. The second-order valence-corrected chi connectivity index (χ2v) is 3.98. The number of nitrogens with one attached hydrogen (secondary N) is 1. The summed E-state index contributed by atoms with van der Waals surface area (Å²) in [5.41, 5.74) is 0.689. The van der Waals surface area contributed by atoms with Crippen LogP contribution in [-0.2, 0) is 0 Å². The molecule has 2 rings (SSSR count). The number of ether oxygens (including phenoxy) is 3. The second kappa shape index (κ2) is 6.56. The third-order valence-electron chi connectivity index (χ3n) is 2.74. The van der Waals surface area contributed by atoms with Gasteiger partial charge in [0, 0.05) is 12.1 Å². The summed E-state index contributed by atoms with van der Waals surface area (Å²) >= 11 is 0. The van der Waals surface area contributed by atoms with Crippen LogP contribution < -0.4 is 19.5 Å². The van der Waals surface area contributed by atoms with Gasteiger partial charge < -0.3 is 19.5 Å². The molecule has 0 aliphatic carbocycles. The number of carbonyl (C=O) groups excluding carboxylic acids is 1. The van der Waals surface area contributed by atoms with Crippen molar-refractivity contribution in [2.75, 3.05) is 26.6 Å². The molecule has 110 valence electrons. The molecule has 0 fully saturated rings. The zero-order chi connectivity index (χ0) is 15.2. The minimum absolute atomic E-state index is 0.175. The molecule has 0 unspecified atom stereocenters. The normalized spacial score (nSPS) is 9.86. The molecular weight excluding hydrogens is 274 g/mol. The smallest absolute Gasteiger partial charge is 0.276 e. The van der Waals surface area contributed by atoms with E-state index in [9.17, 15) is 4.79 Å². The Morgan fingerprint density at radius 1 is 1.00 bits per heavy atom. The van der Waals surface area contributed by atoms with E-state index in [-0.39, 0.29) is 5.69 Å². The number of benzene rings is 1. The number of hydrogen-bond donors (Lipinski definition) is 1. The van der Waals surface area contributed by atoms with Gasteiger partial charge in [-0.25, -0.2) is 0 Å². The number of amides is 1. The first-order valence-corrected chi connectivity index (χ1v) is 6.09. The monoisotopic (exact) mass is 289 g/mol. The molecule has 2 aromatic rings. The third-order valence-corrected chi connectivity index (χ3v) is 2.74. The van der Waals surface area contributed by atoms with E-state index in [0.717, 1.165) is 0 Å². The first kappa shape index (κ1) is 14.6. The van der Waals surface area contributed by atoms with Crippen LogP contribution in [0.1, 0.15) is 10.5 Å². The van der Waals surface area contributed by atoms with Gasteiger partial charge in [-0.1, -0.05) is 0 Å². The van der Waals surface area contributed by atoms with Crippen molar-refractivity contribution in [3.63, 3.8) is 0 Å². The first-order valence-electron chi connectivity index (χ1n) is 6.09. The Balaban J connectivity index is 2.18. The van der Waals surface area contributed by atoms with Crippen LogP contribution in [0.5, 0.6) is 17.4 Å². The molecule has 0 radical (unpaired) electrons. The zero-order valence-electron chi connectivity index (χ0n) is 11.9. The van der Waals surface area contributed by atoms with Crippen molar-refractivity contribution < 1.29 is 19.0 Å². The van der Waals surface area contributed by atoms with E-state index in [2.05, 4.69) is 15.5 Å². The maximum atomic E-state index is 12.1. The molecule has 21 heavy (non-hydrogen) atoms. The van der Waals surface area contributed by atoms with E-state index in [1.54, 1.807) is 31.4 Å². The Morgan fingerprint density at radius 3 is 2.38 bits per heavy atom. The topological polar surface area (TPSA) is 82.6 Å². The summed E-state index contributed by atoms with van der Waals surface area (Å²) in [5, 5.41) is 10.2. The molecule has 0 saturated carbocycles. The predicted octanol–water partition coefficient (Wildman–Crippen LogP) is 1.75. The molecule has 1 aromatic heterocycles. The number of rotatable bonds is 5. The third kappa shape index (κ3) is 3.38. The molecule has 7 nitrogen and oxygen atoms in total. The Hall–Kier alpha value is -2.83. The number of carbonyl (C=O) groups is 1. The van der Waals surface area contributed by atoms with E-state index in [1.807, 2.05) is 0 Å². The Morgan fingerprint density at radius 2 is 1.81 bits per heavy atom. The van der Waals surface area contributed by atoms with Crippen LogP contribution in [-0.4, -0.2) is 37.4 Å². The van der Waals surface area contributed by atoms with Gasteiger partial charge in [-0.2, -0.15) is 0 Å². The van der Waals surface area contributed by atoms with Crippen molar-refractivity contribution in [3.05, 3.63) is 36.0 Å². The highest BCUT2D eigenvalue weighted by atomic mass is 16.5. The van der Waals surface area contributed by atoms with Crippen LogP contribution in [0.4, 0.5) is 5.69 Å². The van der Waals surface area contributed by atoms with E-state index in [0.29, 0.717) is 23.1 Å². The van der Waals surface area contributed by atoms with Gasteiger partial charge in [0.15, 0.2) is 5.69 Å². The molecule has 0 atom stereocenters. The van der Waals surface area contributed by atoms with E-state index in [4.69, 9.17) is 14.2 Å². The highest BCUT2D eigenvalue weighted by molar-refractivity contribution is 6.03. The Labute approximate surface area is 121 Å². The average molecular weight is 289 g/mol. The van der Waals surface area contributed by atoms with Crippen LogP contribution in [0.3, 0.4) is 0 Å². The summed E-state index contributed by atoms with van der Waals surface area (Å²) in [5.74, 6) is 1.07. The maximum absolute atomic E-state index is 12.1. The van der Waals surface area contributed by atoms with Crippen molar-refractivity contribution in [2.24, 2.45) is 0 Å². The van der Waals surface area contributed by atoms with Crippen LogP contribution in [0, 0.1) is 0 Å². The fraction of sp³-hybridized carbons (Fsp3) is 0.214. The van der Waals surface area contributed by atoms with Crippen molar-refractivity contribution in [3.8, 4) is 17.4 Å². The number of aromatic nitrogens is 2. The summed E-state index contributed by atoms with van der Waals surface area (Å²) in [6.07, 6.45) is 0. The Bertz CT molecular complexity index is 629. The standard InChI is InChI=1S/C14H15N3O4/c1-19-9-4-5-10(12(8-9)20-2)15-14(18)11-6-7-13(21-3)17-16-11/h4-8H,1-3H3,(H,15,18). The van der Waals surface area contributed by atoms with Gasteiger partial charge in [-0.3, -0.25) is 4.79 Å². The summed E-state index contributed by atoms with van der Waals surface area (Å²) < 4.78 is 15.2. The molecule has 1 aromatic carbocycles. The van der Waals surface area contributed by atoms with Crippen LogP contribution in [0.25, 0.3) is 0 Å². The number of hydrogen-bond acceptors (Lipinski definition) is 6. The van der Waals surface area contributed by atoms with Crippen molar-refractivity contribution >= 4 is 11.6 Å². The Kier molecular flexibility index (Phi) is 4.55. The number of methoxy groups -OCH3 is 3. The maximum Gasteiger partial charge on any atom is 0.276 e. The van der Waals surface area contributed by atoms with Gasteiger partial charge in [-0.15, -0.1) is 10.2 Å². The lowest BCUT2D eigenvalue weighted by Gasteiger charge is -2.11. The molecule has 1 amide bonds. The zero-order valence-corrected chi connectivity index (χ0v) is 11.9. The molecule has 1 N–H and O–H groups in total. The van der Waals surface area contributed by atoms with Gasteiger partial charge in [-0.05, 0) is 18.2 Å². The van der Waals surface area contributed by atoms with Crippen LogP contribution >= 0.6 is 0 Å². The fourth-order valence-corrected chi connectivity index (χ4v) is 1.64. The summed E-state index contributed by atoms with van der Waals surface area (Å²) in [6.45, 7) is 0. The predicted molar refractivity (Wildman–Crippen MR) is 76.1 cm³/mol. The molecule has 0 spiro atoms. The molecule has 0 aliphatic heterocycles.